The molecule has 1 N–H and O–H groups in total. The van der Waals surface area contributed by atoms with Gasteiger partial charge in [0, 0.05) is 25.2 Å². The van der Waals surface area contributed by atoms with E-state index < -0.39 is 17.1 Å². The van der Waals surface area contributed by atoms with E-state index in [0.29, 0.717) is 5.69 Å². The van der Waals surface area contributed by atoms with E-state index in [4.69, 9.17) is 5.26 Å². The Hall–Kier alpha value is -2.79. The largest absolute Gasteiger partial charge is 0.494 e. The van der Waals surface area contributed by atoms with Gasteiger partial charge in [-0.15, -0.1) is 0 Å². The first-order valence-corrected chi connectivity index (χ1v) is 7.38. The van der Waals surface area contributed by atoms with Crippen LogP contribution in [-0.4, -0.2) is 20.5 Å². The minimum Gasteiger partial charge on any atom is -0.494 e. The molecule has 1 aromatic carbocycles. The van der Waals surface area contributed by atoms with E-state index in [1.54, 1.807) is 18.2 Å². The van der Waals surface area contributed by atoms with Crippen molar-refractivity contribution < 1.29 is 5.11 Å². The Kier molecular flexibility index (Phi) is 4.71. The number of aryl methyl sites for hydroxylation is 1. The second-order valence-corrected chi connectivity index (χ2v) is 5.70. The zero-order valence-electron chi connectivity index (χ0n) is 12.8. The number of nitriles is 1. The summed E-state index contributed by atoms with van der Waals surface area (Å²) in [4.78, 5) is 28.8. The average molecular weight is 330 g/mol. The lowest BCUT2D eigenvalue weighted by Crippen LogP contribution is -2.38. The average Bonchev–Trinajstić information content (AvgIpc) is 2.53. The van der Waals surface area contributed by atoms with Crippen LogP contribution in [0.15, 0.2) is 37.7 Å². The zero-order valence-corrected chi connectivity index (χ0v) is 13.6. The van der Waals surface area contributed by atoms with Gasteiger partial charge >= 0.3 is 5.69 Å². The molecule has 0 saturated carbocycles. The molecule has 0 aliphatic rings. The van der Waals surface area contributed by atoms with Gasteiger partial charge in [-0.25, -0.2) is 4.79 Å². The Labute approximate surface area is 136 Å². The topological polar surface area (TPSA) is 100 Å². The number of thiocyanates is 1. The summed E-state index contributed by atoms with van der Waals surface area (Å²) in [6.45, 7) is 1.83. The Morgan fingerprint density at radius 1 is 1.30 bits per heavy atom. The molecule has 0 spiro atoms. The van der Waals surface area contributed by atoms with Gasteiger partial charge in [-0.1, -0.05) is 0 Å². The summed E-state index contributed by atoms with van der Waals surface area (Å²) in [7, 11) is 2.70. The van der Waals surface area contributed by atoms with Crippen molar-refractivity contribution >= 4 is 23.7 Å². The fraction of sp³-hybridized carbons (Fsp3) is 0.200. The third kappa shape index (κ3) is 3.19. The maximum Gasteiger partial charge on any atom is 0.333 e. The van der Waals surface area contributed by atoms with Crippen LogP contribution in [0.5, 0.6) is 5.88 Å². The molecule has 0 saturated heterocycles. The van der Waals surface area contributed by atoms with Gasteiger partial charge in [-0.2, -0.15) is 5.26 Å². The van der Waals surface area contributed by atoms with E-state index in [-0.39, 0.29) is 5.56 Å². The second kappa shape index (κ2) is 6.54. The minimum atomic E-state index is -0.622. The van der Waals surface area contributed by atoms with Crippen LogP contribution in [0.1, 0.15) is 11.1 Å². The SMILES string of the molecule is Cc1cc(SC#N)ccc1N=Cc1c(O)n(C)c(=O)n(C)c1=O. The number of hydrogen-bond acceptors (Lipinski definition) is 6. The van der Waals surface area contributed by atoms with Crippen LogP contribution in [0, 0.1) is 17.6 Å². The van der Waals surface area contributed by atoms with Crippen LogP contribution in [-0.2, 0) is 14.1 Å². The maximum absolute atomic E-state index is 12.1. The molecule has 0 fully saturated rings. The quantitative estimate of drug-likeness (QED) is 0.521. The molecule has 0 radical (unpaired) electrons. The van der Waals surface area contributed by atoms with E-state index in [0.717, 1.165) is 31.4 Å². The fourth-order valence-electron chi connectivity index (χ4n) is 2.00. The Morgan fingerprint density at radius 2 is 2.00 bits per heavy atom. The third-order valence-electron chi connectivity index (χ3n) is 3.33. The molecular formula is C15H14N4O3S. The van der Waals surface area contributed by atoms with Crippen molar-refractivity contribution in [3.05, 3.63) is 50.2 Å². The molecule has 0 aliphatic carbocycles. The highest BCUT2D eigenvalue weighted by Gasteiger charge is 2.13. The molecule has 7 nitrogen and oxygen atoms in total. The van der Waals surface area contributed by atoms with E-state index in [1.165, 1.54) is 20.3 Å². The molecule has 0 amide bonds. The first kappa shape index (κ1) is 16.6. The standard InChI is InChI=1S/C15H14N4O3S/c1-9-6-10(23-8-16)4-5-12(9)17-7-11-13(20)18(2)15(22)19(3)14(11)21/h4-7,20H,1-3H3. The molecule has 118 valence electrons. The number of aliphatic imine (C=N–C) groups is 1. The lowest BCUT2D eigenvalue weighted by molar-refractivity contribution is 0.410. The van der Waals surface area contributed by atoms with Crippen molar-refractivity contribution in [2.24, 2.45) is 19.1 Å². The van der Waals surface area contributed by atoms with Crippen LogP contribution in [0.2, 0.25) is 0 Å². The number of aromatic hydroxyl groups is 1. The zero-order chi connectivity index (χ0) is 17.1. The summed E-state index contributed by atoms with van der Waals surface area (Å²) in [5.74, 6) is -0.434. The summed E-state index contributed by atoms with van der Waals surface area (Å²) in [5, 5.41) is 20.6. The van der Waals surface area contributed by atoms with Crippen LogP contribution >= 0.6 is 11.8 Å². The molecule has 2 aromatic rings. The van der Waals surface area contributed by atoms with Gasteiger partial charge in [0.05, 0.1) is 5.69 Å². The number of thioether (sulfide) groups is 1. The highest BCUT2D eigenvalue weighted by molar-refractivity contribution is 8.03. The highest BCUT2D eigenvalue weighted by Crippen LogP contribution is 2.25. The van der Waals surface area contributed by atoms with E-state index >= 15 is 0 Å². The van der Waals surface area contributed by atoms with Crippen molar-refractivity contribution in [1.82, 2.24) is 9.13 Å². The molecule has 0 atom stereocenters. The Balaban J connectivity index is 2.48. The third-order valence-corrected chi connectivity index (χ3v) is 3.91. The number of hydrogen-bond donors (Lipinski definition) is 1. The van der Waals surface area contributed by atoms with Crippen LogP contribution in [0.3, 0.4) is 0 Å². The lowest BCUT2D eigenvalue weighted by atomic mass is 10.2. The van der Waals surface area contributed by atoms with Crippen LogP contribution in [0.25, 0.3) is 0 Å². The summed E-state index contributed by atoms with van der Waals surface area (Å²) < 4.78 is 1.88. The van der Waals surface area contributed by atoms with Crippen molar-refractivity contribution in [2.75, 3.05) is 0 Å². The molecule has 1 heterocycles. The monoisotopic (exact) mass is 330 g/mol. The summed E-state index contributed by atoms with van der Waals surface area (Å²) in [6, 6.07) is 5.26. The minimum absolute atomic E-state index is 0.0653. The predicted molar refractivity (Wildman–Crippen MR) is 88.5 cm³/mol. The summed E-state index contributed by atoms with van der Waals surface area (Å²) in [5.41, 5.74) is 0.122. The van der Waals surface area contributed by atoms with Crippen molar-refractivity contribution in [1.29, 1.82) is 5.26 Å². The predicted octanol–water partition coefficient (Wildman–Crippen LogP) is 1.42. The molecule has 0 unspecified atom stereocenters. The molecule has 0 bridgehead atoms. The first-order chi connectivity index (χ1) is 10.9. The Morgan fingerprint density at radius 3 is 2.61 bits per heavy atom. The normalized spacial score (nSPS) is 10.9. The van der Waals surface area contributed by atoms with Gasteiger partial charge in [-0.05, 0) is 42.4 Å². The second-order valence-electron chi connectivity index (χ2n) is 4.84. The number of benzene rings is 1. The highest BCUT2D eigenvalue weighted by atomic mass is 32.2. The van der Waals surface area contributed by atoms with Gasteiger partial charge in [-0.3, -0.25) is 18.9 Å². The van der Waals surface area contributed by atoms with Crippen LogP contribution < -0.4 is 11.2 Å². The molecule has 8 heteroatoms. The lowest BCUT2D eigenvalue weighted by Gasteiger charge is -2.07. The number of nitrogens with zero attached hydrogens (tertiary/aromatic N) is 4. The van der Waals surface area contributed by atoms with Gasteiger partial charge < -0.3 is 5.11 Å². The van der Waals surface area contributed by atoms with Gasteiger partial charge in [0.1, 0.15) is 11.0 Å². The van der Waals surface area contributed by atoms with Gasteiger partial charge in [0.25, 0.3) is 5.56 Å². The van der Waals surface area contributed by atoms with Crippen molar-refractivity contribution in [3.63, 3.8) is 0 Å². The van der Waals surface area contributed by atoms with E-state index in [9.17, 15) is 14.7 Å². The smallest absolute Gasteiger partial charge is 0.333 e. The molecule has 0 aliphatic heterocycles. The Bertz CT molecular complexity index is 951. The number of rotatable bonds is 3. The van der Waals surface area contributed by atoms with Gasteiger partial charge in [0.2, 0.25) is 5.88 Å². The fourth-order valence-corrected chi connectivity index (χ4v) is 2.47. The first-order valence-electron chi connectivity index (χ1n) is 6.56. The van der Waals surface area contributed by atoms with E-state index in [1.807, 2.05) is 12.3 Å². The van der Waals surface area contributed by atoms with Gasteiger partial charge in [0.15, 0.2) is 0 Å². The molecule has 2 rings (SSSR count). The van der Waals surface area contributed by atoms with E-state index in [2.05, 4.69) is 4.99 Å². The van der Waals surface area contributed by atoms with Crippen molar-refractivity contribution in [2.45, 2.75) is 11.8 Å². The number of aromatic nitrogens is 2. The van der Waals surface area contributed by atoms with Crippen molar-refractivity contribution in [3.8, 4) is 11.3 Å². The molecular weight excluding hydrogens is 316 g/mol. The molecule has 23 heavy (non-hydrogen) atoms. The van der Waals surface area contributed by atoms with Crippen LogP contribution in [0.4, 0.5) is 5.69 Å². The summed E-state index contributed by atoms with van der Waals surface area (Å²) in [6.07, 6.45) is 1.23. The maximum atomic E-state index is 12.1. The molecule has 1 aromatic heterocycles. The summed E-state index contributed by atoms with van der Waals surface area (Å²) >= 11 is 1.05.